The van der Waals surface area contributed by atoms with Gasteiger partial charge < -0.3 is 10.6 Å². The third-order valence-electron chi connectivity index (χ3n) is 3.48. The van der Waals surface area contributed by atoms with Crippen molar-refractivity contribution in [1.82, 2.24) is 10.7 Å². The number of non-ortho nitro benzene ring substituents is 1. The average Bonchev–Trinajstić information content (AvgIpc) is 2.67. The van der Waals surface area contributed by atoms with Crippen LogP contribution in [0.4, 0.5) is 11.4 Å². The minimum absolute atomic E-state index is 0.166. The van der Waals surface area contributed by atoms with Crippen LogP contribution in [0, 0.1) is 10.1 Å². The minimum Gasteiger partial charge on any atom is -0.326 e. The van der Waals surface area contributed by atoms with Gasteiger partial charge in [0.2, 0.25) is 5.91 Å². The smallest absolute Gasteiger partial charge is 0.281 e. The standard InChI is InChI=1S/C18H17N5O5/c1-11(24)20-14-7-5-13(6-8-14)17(25)21-16(18(26)22-19)10-12-3-2-4-15(9-12)23(27)28/h2-10H,19H2,1H3,(H,20,24)(H,21,25)(H,22,26)/b16-10-. The van der Waals surface area contributed by atoms with Crippen molar-refractivity contribution in [3.8, 4) is 0 Å². The topological polar surface area (TPSA) is 156 Å². The summed E-state index contributed by atoms with van der Waals surface area (Å²) in [5.41, 5.74) is 2.61. The molecule has 0 saturated heterocycles. The zero-order valence-corrected chi connectivity index (χ0v) is 14.8. The summed E-state index contributed by atoms with van der Waals surface area (Å²) in [4.78, 5) is 45.7. The lowest BCUT2D eigenvalue weighted by atomic mass is 10.1. The van der Waals surface area contributed by atoms with Gasteiger partial charge in [-0.2, -0.15) is 0 Å². The van der Waals surface area contributed by atoms with Gasteiger partial charge in [0.1, 0.15) is 5.70 Å². The fourth-order valence-electron chi connectivity index (χ4n) is 2.23. The minimum atomic E-state index is -0.783. The van der Waals surface area contributed by atoms with Crippen LogP contribution in [0.5, 0.6) is 0 Å². The van der Waals surface area contributed by atoms with Gasteiger partial charge in [0.05, 0.1) is 4.92 Å². The van der Waals surface area contributed by atoms with Crippen LogP contribution in [0.1, 0.15) is 22.8 Å². The maximum absolute atomic E-state index is 12.4. The Morgan fingerprint density at radius 1 is 1.11 bits per heavy atom. The Balaban J connectivity index is 2.25. The highest BCUT2D eigenvalue weighted by atomic mass is 16.6. The van der Waals surface area contributed by atoms with Gasteiger partial charge in [0.25, 0.3) is 17.5 Å². The Hall–Kier alpha value is -4.05. The van der Waals surface area contributed by atoms with E-state index in [4.69, 9.17) is 5.84 Å². The van der Waals surface area contributed by atoms with E-state index in [9.17, 15) is 24.5 Å². The largest absolute Gasteiger partial charge is 0.326 e. The molecule has 28 heavy (non-hydrogen) atoms. The predicted octanol–water partition coefficient (Wildman–Crippen LogP) is 1.31. The van der Waals surface area contributed by atoms with E-state index in [1.165, 1.54) is 61.5 Å². The number of hydrogen-bond donors (Lipinski definition) is 4. The molecule has 0 radical (unpaired) electrons. The fraction of sp³-hybridized carbons (Fsp3) is 0.0556. The maximum Gasteiger partial charge on any atom is 0.281 e. The molecule has 0 aliphatic heterocycles. The number of rotatable bonds is 6. The Bertz CT molecular complexity index is 953. The summed E-state index contributed by atoms with van der Waals surface area (Å²) in [5, 5.41) is 15.9. The molecule has 144 valence electrons. The highest BCUT2D eigenvalue weighted by Crippen LogP contribution is 2.16. The number of nitrogens with zero attached hydrogens (tertiary/aromatic N) is 1. The number of nitrogens with two attached hydrogens (primary N) is 1. The van der Waals surface area contributed by atoms with Gasteiger partial charge in [0, 0.05) is 30.3 Å². The second kappa shape index (κ2) is 9.05. The van der Waals surface area contributed by atoms with Crippen molar-refractivity contribution in [3.63, 3.8) is 0 Å². The molecular weight excluding hydrogens is 366 g/mol. The Labute approximate surface area is 159 Å². The molecule has 0 bridgehead atoms. The Morgan fingerprint density at radius 3 is 2.36 bits per heavy atom. The molecule has 2 rings (SSSR count). The molecule has 0 aromatic heterocycles. The Kier molecular flexibility index (Phi) is 6.55. The number of nitro benzene ring substituents is 1. The molecule has 2 aromatic carbocycles. The van der Waals surface area contributed by atoms with E-state index in [1.807, 2.05) is 5.43 Å². The predicted molar refractivity (Wildman–Crippen MR) is 102 cm³/mol. The van der Waals surface area contributed by atoms with E-state index in [-0.39, 0.29) is 22.9 Å². The number of hydrogen-bond acceptors (Lipinski definition) is 6. The normalized spacial score (nSPS) is 10.7. The van der Waals surface area contributed by atoms with Gasteiger partial charge in [-0.25, -0.2) is 5.84 Å². The molecule has 0 spiro atoms. The molecule has 10 heteroatoms. The summed E-state index contributed by atoms with van der Waals surface area (Å²) in [6.07, 6.45) is 1.26. The molecule has 0 heterocycles. The number of carbonyl (C=O) groups excluding carboxylic acids is 3. The van der Waals surface area contributed by atoms with Crippen LogP contribution in [-0.2, 0) is 9.59 Å². The van der Waals surface area contributed by atoms with Gasteiger partial charge in [0.15, 0.2) is 0 Å². The zero-order valence-electron chi connectivity index (χ0n) is 14.8. The maximum atomic E-state index is 12.4. The van der Waals surface area contributed by atoms with Crippen molar-refractivity contribution in [3.05, 3.63) is 75.5 Å². The lowest BCUT2D eigenvalue weighted by molar-refractivity contribution is -0.384. The third kappa shape index (κ3) is 5.47. The number of anilines is 1. The first-order valence-corrected chi connectivity index (χ1v) is 7.96. The molecule has 0 saturated carbocycles. The zero-order chi connectivity index (χ0) is 20.7. The number of carbonyl (C=O) groups is 3. The molecule has 0 aliphatic carbocycles. The summed E-state index contributed by atoms with van der Waals surface area (Å²) in [6, 6.07) is 11.5. The first kappa shape index (κ1) is 20.3. The molecular formula is C18H17N5O5. The van der Waals surface area contributed by atoms with Crippen LogP contribution in [0.25, 0.3) is 6.08 Å². The van der Waals surface area contributed by atoms with Crippen LogP contribution < -0.4 is 21.9 Å². The Morgan fingerprint density at radius 2 is 1.79 bits per heavy atom. The molecule has 0 fully saturated rings. The monoisotopic (exact) mass is 383 g/mol. The first-order valence-electron chi connectivity index (χ1n) is 7.96. The number of nitro groups is 1. The van der Waals surface area contributed by atoms with E-state index in [2.05, 4.69) is 10.6 Å². The lowest BCUT2D eigenvalue weighted by Gasteiger charge is -2.10. The highest BCUT2D eigenvalue weighted by molar-refractivity contribution is 6.05. The second-order valence-corrected chi connectivity index (χ2v) is 5.60. The van der Waals surface area contributed by atoms with Crippen molar-refractivity contribution in [2.24, 2.45) is 5.84 Å². The molecule has 2 aromatic rings. The van der Waals surface area contributed by atoms with Gasteiger partial charge in [-0.05, 0) is 35.9 Å². The summed E-state index contributed by atoms with van der Waals surface area (Å²) in [7, 11) is 0. The van der Waals surface area contributed by atoms with Crippen LogP contribution in [0.15, 0.2) is 54.2 Å². The average molecular weight is 383 g/mol. The molecule has 5 N–H and O–H groups in total. The molecule has 3 amide bonds. The van der Waals surface area contributed by atoms with Crippen molar-refractivity contribution in [2.75, 3.05) is 5.32 Å². The third-order valence-corrected chi connectivity index (χ3v) is 3.48. The summed E-state index contributed by atoms with van der Waals surface area (Å²) in [6.45, 7) is 1.36. The quantitative estimate of drug-likeness (QED) is 0.194. The molecule has 0 aliphatic rings. The number of hydrazine groups is 1. The van der Waals surface area contributed by atoms with Gasteiger partial charge in [-0.1, -0.05) is 12.1 Å². The number of amides is 3. The summed E-state index contributed by atoms with van der Waals surface area (Å²) >= 11 is 0. The van der Waals surface area contributed by atoms with Crippen molar-refractivity contribution >= 4 is 35.2 Å². The van der Waals surface area contributed by atoms with Gasteiger partial charge >= 0.3 is 0 Å². The van der Waals surface area contributed by atoms with E-state index in [0.29, 0.717) is 11.3 Å². The van der Waals surface area contributed by atoms with Crippen molar-refractivity contribution in [1.29, 1.82) is 0 Å². The molecule has 0 unspecified atom stereocenters. The fourth-order valence-corrected chi connectivity index (χ4v) is 2.23. The SMILES string of the molecule is CC(=O)Nc1ccc(C(=O)N/C(=C\c2cccc([N+](=O)[O-])c2)C(=O)NN)cc1. The van der Waals surface area contributed by atoms with Crippen molar-refractivity contribution < 1.29 is 19.3 Å². The number of nitrogens with one attached hydrogen (secondary N) is 3. The molecule has 10 nitrogen and oxygen atoms in total. The lowest BCUT2D eigenvalue weighted by Crippen LogP contribution is -2.38. The van der Waals surface area contributed by atoms with E-state index in [1.54, 1.807) is 0 Å². The van der Waals surface area contributed by atoms with Gasteiger partial charge in [-0.3, -0.25) is 29.9 Å². The molecule has 0 atom stereocenters. The van der Waals surface area contributed by atoms with E-state index >= 15 is 0 Å². The highest BCUT2D eigenvalue weighted by Gasteiger charge is 2.15. The van der Waals surface area contributed by atoms with E-state index in [0.717, 1.165) is 0 Å². The second-order valence-electron chi connectivity index (χ2n) is 5.60. The van der Waals surface area contributed by atoms with Crippen molar-refractivity contribution in [2.45, 2.75) is 6.92 Å². The number of benzene rings is 2. The summed E-state index contributed by atoms with van der Waals surface area (Å²) in [5.74, 6) is 3.51. The van der Waals surface area contributed by atoms with Crippen LogP contribution >= 0.6 is 0 Å². The van der Waals surface area contributed by atoms with E-state index < -0.39 is 16.7 Å². The van der Waals surface area contributed by atoms with Crippen LogP contribution in [0.2, 0.25) is 0 Å². The van der Waals surface area contributed by atoms with Gasteiger partial charge in [-0.15, -0.1) is 0 Å². The summed E-state index contributed by atoms with van der Waals surface area (Å²) < 4.78 is 0. The van der Waals surface area contributed by atoms with Crippen LogP contribution in [0.3, 0.4) is 0 Å². The first-order chi connectivity index (χ1) is 13.3. The van der Waals surface area contributed by atoms with Crippen LogP contribution in [-0.4, -0.2) is 22.6 Å².